The molecule has 6 N–H and O–H groups in total. The summed E-state index contributed by atoms with van der Waals surface area (Å²) >= 11 is 0. The molecule has 0 bridgehead atoms. The van der Waals surface area contributed by atoms with Gasteiger partial charge < -0.3 is 31.3 Å². The van der Waals surface area contributed by atoms with Crippen molar-refractivity contribution in [2.75, 3.05) is 6.54 Å². The van der Waals surface area contributed by atoms with Crippen LogP contribution in [0.3, 0.4) is 0 Å². The van der Waals surface area contributed by atoms with E-state index in [2.05, 4.69) is 25.9 Å². The van der Waals surface area contributed by atoms with Gasteiger partial charge in [-0.15, -0.1) is 0 Å². The molecule has 1 aromatic heterocycles. The summed E-state index contributed by atoms with van der Waals surface area (Å²) in [6.45, 7) is 1.90. The maximum absolute atomic E-state index is 12.0. The van der Waals surface area contributed by atoms with Crippen LogP contribution < -0.4 is 16.0 Å². The van der Waals surface area contributed by atoms with Crippen LogP contribution in [0.2, 0.25) is 0 Å². The molecule has 0 aliphatic carbocycles. The number of hydrogen-bond donors (Lipinski definition) is 6. The van der Waals surface area contributed by atoms with Gasteiger partial charge in [0, 0.05) is 25.4 Å². The van der Waals surface area contributed by atoms with Crippen LogP contribution in [0.15, 0.2) is 12.4 Å². The van der Waals surface area contributed by atoms with Crippen LogP contribution in [0.1, 0.15) is 48.3 Å². The van der Waals surface area contributed by atoms with E-state index in [9.17, 15) is 29.1 Å². The van der Waals surface area contributed by atoms with E-state index >= 15 is 0 Å². The molecule has 0 saturated heterocycles. The summed E-state index contributed by atoms with van der Waals surface area (Å²) in [5, 5.41) is 33.7. The molecule has 0 saturated carbocycles. The first-order valence-electron chi connectivity index (χ1n) is 9.42. The van der Waals surface area contributed by atoms with Gasteiger partial charge in [-0.1, -0.05) is 0 Å². The van der Waals surface area contributed by atoms with Gasteiger partial charge in [0.2, 0.25) is 0 Å². The Kier molecular flexibility index (Phi) is 10.4. The van der Waals surface area contributed by atoms with Crippen molar-refractivity contribution < 1.29 is 39.3 Å². The van der Waals surface area contributed by atoms with Crippen LogP contribution in [0.4, 0.5) is 4.79 Å². The molecule has 0 spiro atoms. The molecule has 1 aromatic rings. The Morgan fingerprint density at radius 2 is 1.48 bits per heavy atom. The van der Waals surface area contributed by atoms with Crippen molar-refractivity contribution in [1.29, 1.82) is 0 Å². The van der Waals surface area contributed by atoms with Crippen LogP contribution in [0, 0.1) is 6.92 Å². The number of nitrogens with one attached hydrogen (secondary N) is 3. The van der Waals surface area contributed by atoms with E-state index in [4.69, 9.17) is 10.2 Å². The van der Waals surface area contributed by atoms with Crippen molar-refractivity contribution in [3.05, 3.63) is 23.8 Å². The second kappa shape index (κ2) is 12.7. The number of hydrogen-bond acceptors (Lipinski definition) is 7. The topological polar surface area (TPSA) is 208 Å². The summed E-state index contributed by atoms with van der Waals surface area (Å²) in [5.41, 5.74) is 0.671. The minimum absolute atomic E-state index is 0.0374. The monoisotopic (exact) mass is 439 g/mol. The molecule has 0 unspecified atom stereocenters. The maximum Gasteiger partial charge on any atom is 0.326 e. The molecule has 1 rings (SSSR count). The number of carboxylic acid groups (broad SMARTS) is 3. The van der Waals surface area contributed by atoms with E-state index in [0.29, 0.717) is 18.5 Å². The molecule has 0 fully saturated rings. The Hall–Kier alpha value is -3.77. The van der Waals surface area contributed by atoms with Crippen molar-refractivity contribution in [3.63, 3.8) is 0 Å². The maximum atomic E-state index is 12.0. The van der Waals surface area contributed by atoms with Crippen molar-refractivity contribution >= 4 is 29.8 Å². The van der Waals surface area contributed by atoms with Gasteiger partial charge >= 0.3 is 23.9 Å². The van der Waals surface area contributed by atoms with E-state index in [1.54, 1.807) is 6.92 Å². The number of unbranched alkanes of at least 4 members (excludes halogenated alkanes) is 1. The lowest BCUT2D eigenvalue weighted by Gasteiger charge is -2.18. The number of urea groups is 1. The smallest absolute Gasteiger partial charge is 0.326 e. The highest BCUT2D eigenvalue weighted by molar-refractivity contribution is 5.93. The number of amides is 3. The van der Waals surface area contributed by atoms with Gasteiger partial charge in [-0.05, 0) is 32.6 Å². The zero-order valence-electron chi connectivity index (χ0n) is 16.8. The molecule has 1 heterocycles. The molecule has 0 radical (unpaired) electrons. The van der Waals surface area contributed by atoms with Crippen LogP contribution in [-0.2, 0) is 14.4 Å². The number of carbonyl (C=O) groups is 5. The minimum atomic E-state index is -1.47. The fraction of sp³-hybridized carbons (Fsp3) is 0.500. The molecular formula is C18H25N5O8. The molecule has 0 aliphatic heterocycles. The average molecular weight is 439 g/mol. The molecule has 13 heteroatoms. The second-order valence-corrected chi connectivity index (χ2v) is 6.57. The number of aromatic nitrogens is 2. The molecule has 13 nitrogen and oxygen atoms in total. The molecule has 0 aromatic carbocycles. The molecule has 2 atom stereocenters. The number of carboxylic acids is 3. The van der Waals surface area contributed by atoms with Gasteiger partial charge in [-0.2, -0.15) is 0 Å². The molecular weight excluding hydrogens is 414 g/mol. The van der Waals surface area contributed by atoms with E-state index < -0.39 is 48.4 Å². The SMILES string of the molecule is Cc1nccnc1C(=O)NCCCC[C@H](NC(=O)N[C@@H](CCC(=O)O)C(=O)O)C(=O)O. The summed E-state index contributed by atoms with van der Waals surface area (Å²) in [7, 11) is 0. The highest BCUT2D eigenvalue weighted by atomic mass is 16.4. The Morgan fingerprint density at radius 1 is 0.903 bits per heavy atom. The predicted molar refractivity (Wildman–Crippen MR) is 104 cm³/mol. The quantitative estimate of drug-likeness (QED) is 0.222. The van der Waals surface area contributed by atoms with Gasteiger partial charge in [0.05, 0.1) is 5.69 Å². The van der Waals surface area contributed by atoms with Gasteiger partial charge in [-0.3, -0.25) is 14.6 Å². The first kappa shape index (κ1) is 25.3. The third-order valence-electron chi connectivity index (χ3n) is 4.16. The number of aliphatic carboxylic acids is 3. The lowest BCUT2D eigenvalue weighted by Crippen LogP contribution is -2.51. The van der Waals surface area contributed by atoms with E-state index in [1.165, 1.54) is 12.4 Å². The fourth-order valence-corrected chi connectivity index (χ4v) is 2.53. The summed E-state index contributed by atoms with van der Waals surface area (Å²) in [6, 6.07) is -3.78. The number of aryl methyl sites for hydroxylation is 1. The number of rotatable bonds is 13. The van der Waals surface area contributed by atoms with Crippen LogP contribution in [-0.4, -0.2) is 73.8 Å². The van der Waals surface area contributed by atoms with Gasteiger partial charge in [0.1, 0.15) is 17.8 Å². The molecule has 0 aliphatic rings. The third-order valence-corrected chi connectivity index (χ3v) is 4.16. The highest BCUT2D eigenvalue weighted by Crippen LogP contribution is 2.04. The Labute approximate surface area is 177 Å². The molecule has 31 heavy (non-hydrogen) atoms. The Morgan fingerprint density at radius 3 is 2.03 bits per heavy atom. The second-order valence-electron chi connectivity index (χ2n) is 6.57. The van der Waals surface area contributed by atoms with Crippen molar-refractivity contribution in [2.45, 2.75) is 51.1 Å². The minimum Gasteiger partial charge on any atom is -0.481 e. The normalized spacial score (nSPS) is 12.3. The lowest BCUT2D eigenvalue weighted by molar-refractivity contribution is -0.140. The summed E-state index contributed by atoms with van der Waals surface area (Å²) in [5.74, 6) is -4.37. The summed E-state index contributed by atoms with van der Waals surface area (Å²) in [4.78, 5) is 64.8. The predicted octanol–water partition coefficient (Wildman–Crippen LogP) is -0.244. The largest absolute Gasteiger partial charge is 0.481 e. The van der Waals surface area contributed by atoms with Gasteiger partial charge in [0.15, 0.2) is 0 Å². The average Bonchev–Trinajstić information content (AvgIpc) is 2.69. The van der Waals surface area contributed by atoms with E-state index in [1.807, 2.05) is 0 Å². The lowest BCUT2D eigenvalue weighted by atomic mass is 10.1. The molecule has 170 valence electrons. The summed E-state index contributed by atoms with van der Waals surface area (Å²) < 4.78 is 0. The van der Waals surface area contributed by atoms with E-state index in [0.717, 1.165) is 0 Å². The third kappa shape index (κ3) is 9.51. The first-order chi connectivity index (χ1) is 14.6. The van der Waals surface area contributed by atoms with Crippen LogP contribution in [0.5, 0.6) is 0 Å². The zero-order valence-corrected chi connectivity index (χ0v) is 16.8. The van der Waals surface area contributed by atoms with Crippen molar-refractivity contribution in [1.82, 2.24) is 25.9 Å². The molecule has 3 amide bonds. The van der Waals surface area contributed by atoms with Gasteiger partial charge in [0.25, 0.3) is 5.91 Å². The number of carbonyl (C=O) groups excluding carboxylic acids is 2. The standard InChI is InChI=1S/C18H25N5O8/c1-10-14(20-9-8-19-10)15(26)21-7-3-2-4-11(16(27)28)22-18(31)23-12(17(29)30)5-6-13(24)25/h8-9,11-12H,2-7H2,1H3,(H,21,26)(H,24,25)(H,27,28)(H,29,30)(H2,22,23,31)/t11-,12-/m0/s1. The van der Waals surface area contributed by atoms with Crippen LogP contribution >= 0.6 is 0 Å². The van der Waals surface area contributed by atoms with Gasteiger partial charge in [-0.25, -0.2) is 19.4 Å². The first-order valence-corrected chi connectivity index (χ1v) is 9.42. The Bertz CT molecular complexity index is 816. The highest BCUT2D eigenvalue weighted by Gasteiger charge is 2.24. The van der Waals surface area contributed by atoms with Crippen molar-refractivity contribution in [2.24, 2.45) is 0 Å². The van der Waals surface area contributed by atoms with Crippen LogP contribution in [0.25, 0.3) is 0 Å². The summed E-state index contributed by atoms with van der Waals surface area (Å²) in [6.07, 6.45) is 2.85. The van der Waals surface area contributed by atoms with E-state index in [-0.39, 0.29) is 25.1 Å². The number of nitrogens with zero attached hydrogens (tertiary/aromatic N) is 2. The fourth-order valence-electron chi connectivity index (χ4n) is 2.53. The zero-order chi connectivity index (χ0) is 23.4. The van der Waals surface area contributed by atoms with Crippen molar-refractivity contribution in [3.8, 4) is 0 Å². The Balaban J connectivity index is 2.43.